The molecule has 0 N–H and O–H groups in total. The van der Waals surface area contributed by atoms with E-state index in [-0.39, 0.29) is 12.6 Å². The Bertz CT molecular complexity index is 1660. The van der Waals surface area contributed by atoms with Crippen LogP contribution < -0.4 is 9.47 Å². The van der Waals surface area contributed by atoms with E-state index in [1.165, 1.54) is 11.1 Å². The van der Waals surface area contributed by atoms with Crippen molar-refractivity contribution in [3.8, 4) is 34.4 Å². The average molecular weight is 837 g/mol. The molecule has 2 saturated heterocycles. The molecule has 0 radical (unpaired) electrons. The van der Waals surface area contributed by atoms with Gasteiger partial charge in [0.1, 0.15) is 27.6 Å². The van der Waals surface area contributed by atoms with Gasteiger partial charge in [-0.15, -0.1) is 11.1 Å². The summed E-state index contributed by atoms with van der Waals surface area (Å²) in [5.41, 5.74) is 18.7. The molecule has 2 aromatic carbocycles. The van der Waals surface area contributed by atoms with Gasteiger partial charge >= 0.3 is 0 Å². The number of hydrogen-bond acceptors (Lipinski definition) is 4. The van der Waals surface area contributed by atoms with Crippen LogP contribution in [0.4, 0.5) is 0 Å². The molecule has 2 aromatic rings. The highest BCUT2D eigenvalue weighted by Crippen LogP contribution is 2.44. The van der Waals surface area contributed by atoms with E-state index in [1.807, 2.05) is 0 Å². The molecule has 0 spiro atoms. The molecule has 2 unspecified atom stereocenters. The Morgan fingerprint density at radius 3 is 1.07 bits per heavy atom. The molecule has 0 amide bonds. The smallest absolute Gasteiger partial charge is 0.199 e. The lowest BCUT2D eigenvalue weighted by atomic mass is 9.75. The summed E-state index contributed by atoms with van der Waals surface area (Å²) in [7, 11) is -4.20. The van der Waals surface area contributed by atoms with E-state index in [2.05, 4.69) is 188 Å². The second-order valence-electron chi connectivity index (χ2n) is 20.3. The number of ether oxygens (including phenoxy) is 4. The summed E-state index contributed by atoms with van der Waals surface area (Å²) in [6.07, 6.45) is 5.93. The molecule has 2 atom stereocenters. The number of benzene rings is 2. The lowest BCUT2D eigenvalue weighted by Gasteiger charge is -2.38. The van der Waals surface area contributed by atoms with Crippen LogP contribution in [0.1, 0.15) is 160 Å². The van der Waals surface area contributed by atoms with Crippen LogP contribution >= 0.6 is 0 Å². The number of rotatable bonds is 14. The minimum Gasteiger partial charge on any atom is -0.465 e. The van der Waals surface area contributed by atoms with Crippen molar-refractivity contribution >= 4 is 16.1 Å². The highest BCUT2D eigenvalue weighted by Gasteiger charge is 2.43. The van der Waals surface area contributed by atoms with E-state index in [1.54, 1.807) is 0 Å². The van der Waals surface area contributed by atoms with E-state index in [0.717, 1.165) is 74.4 Å². The predicted molar refractivity (Wildman–Crippen MR) is 256 cm³/mol. The quantitative estimate of drug-likeness (QED) is 0.108. The third-order valence-electron chi connectivity index (χ3n) is 14.0. The summed E-state index contributed by atoms with van der Waals surface area (Å²) in [5, 5.41) is 0. The molecule has 0 saturated carbocycles. The van der Waals surface area contributed by atoms with Gasteiger partial charge in [-0.2, -0.15) is 0 Å². The first kappa shape index (κ1) is 48.7. The van der Waals surface area contributed by atoms with Crippen molar-refractivity contribution in [3.63, 3.8) is 0 Å². The first-order valence-electron chi connectivity index (χ1n) is 23.0. The van der Waals surface area contributed by atoms with Gasteiger partial charge in [-0.25, -0.2) is 0 Å². The van der Waals surface area contributed by atoms with E-state index in [4.69, 9.17) is 18.9 Å². The van der Waals surface area contributed by atoms with Gasteiger partial charge in [0.15, 0.2) is 12.6 Å². The van der Waals surface area contributed by atoms with Gasteiger partial charge < -0.3 is 18.9 Å². The second kappa shape index (κ2) is 20.7. The summed E-state index contributed by atoms with van der Waals surface area (Å²) in [6.45, 7) is 39.4. The fraction of sp³-hybridized carbons (Fsp3) is 0.642. The van der Waals surface area contributed by atoms with Crippen LogP contribution in [0.2, 0.25) is 33.2 Å². The van der Waals surface area contributed by atoms with Gasteiger partial charge in [0.2, 0.25) is 0 Å². The van der Waals surface area contributed by atoms with E-state index >= 15 is 0 Å². The van der Waals surface area contributed by atoms with Gasteiger partial charge in [-0.3, -0.25) is 0 Å². The molecule has 6 heteroatoms. The Balaban J connectivity index is 2.03. The van der Waals surface area contributed by atoms with Crippen LogP contribution in [0.3, 0.4) is 0 Å². The summed E-state index contributed by atoms with van der Waals surface area (Å²) in [5.74, 6) is 9.58. The van der Waals surface area contributed by atoms with Crippen LogP contribution in [0.25, 0.3) is 0 Å². The maximum atomic E-state index is 6.28. The molecule has 0 aromatic heterocycles. The van der Waals surface area contributed by atoms with Crippen LogP contribution in [0, 0.1) is 22.9 Å². The Morgan fingerprint density at radius 1 is 0.508 bits per heavy atom. The fourth-order valence-corrected chi connectivity index (χ4v) is 20.5. The zero-order valence-corrected chi connectivity index (χ0v) is 42.0. The molecule has 4 nitrogen and oxygen atoms in total. The van der Waals surface area contributed by atoms with Crippen LogP contribution in [-0.2, 0) is 20.3 Å². The summed E-state index contributed by atoms with van der Waals surface area (Å²) in [6, 6.07) is 17.2. The highest BCUT2D eigenvalue weighted by molar-refractivity contribution is 6.91. The molecule has 0 aliphatic carbocycles. The van der Waals surface area contributed by atoms with Gasteiger partial charge in [-0.1, -0.05) is 153 Å². The zero-order valence-electron chi connectivity index (χ0n) is 40.0. The van der Waals surface area contributed by atoms with Crippen LogP contribution in [-0.4, -0.2) is 41.9 Å². The molecule has 2 fully saturated rings. The number of hydrogen-bond donors (Lipinski definition) is 0. The van der Waals surface area contributed by atoms with Crippen molar-refractivity contribution in [2.75, 3.05) is 13.2 Å². The lowest BCUT2D eigenvalue weighted by Crippen LogP contribution is -2.43. The van der Waals surface area contributed by atoms with Crippen LogP contribution in [0.5, 0.6) is 11.5 Å². The van der Waals surface area contributed by atoms with Gasteiger partial charge in [-0.05, 0) is 94.3 Å². The van der Waals surface area contributed by atoms with E-state index < -0.39 is 27.0 Å². The highest BCUT2D eigenvalue weighted by atomic mass is 28.3. The molecule has 324 valence electrons. The predicted octanol–water partition coefficient (Wildman–Crippen LogP) is 14.6. The topological polar surface area (TPSA) is 36.9 Å². The monoisotopic (exact) mass is 837 g/mol. The third-order valence-corrected chi connectivity index (χ3v) is 26.6. The van der Waals surface area contributed by atoms with Crippen molar-refractivity contribution < 1.29 is 18.9 Å². The van der Waals surface area contributed by atoms with Crippen molar-refractivity contribution in [2.24, 2.45) is 0 Å². The molecule has 2 heterocycles. The lowest BCUT2D eigenvalue weighted by molar-refractivity contribution is -0.106. The fourth-order valence-electron chi connectivity index (χ4n) is 10.1. The maximum absolute atomic E-state index is 6.28. The summed E-state index contributed by atoms with van der Waals surface area (Å²) < 4.78 is 24.4. The first-order valence-corrected chi connectivity index (χ1v) is 27.5. The van der Waals surface area contributed by atoms with Crippen molar-refractivity contribution in [1.82, 2.24) is 0 Å². The first-order chi connectivity index (χ1) is 27.7. The van der Waals surface area contributed by atoms with E-state index in [0.29, 0.717) is 33.2 Å². The SMILES string of the molecule is CC(C)[Si](C#CC(=C=C(C#C[Si](C(C)C)(C(C)C)C(C)C)C(C)(C)c1ccc(OC2CCCCO2)cc1)C(C)(C)c1ccc(OC2CCCCO2)cc1)(C(C)C)C(C)C. The molecular weight excluding hydrogens is 757 g/mol. The summed E-state index contributed by atoms with van der Waals surface area (Å²) >= 11 is 0. The number of allylic oxidation sites excluding steroid dienone is 1. The molecule has 4 rings (SSSR count). The molecule has 2 aliphatic heterocycles. The van der Waals surface area contributed by atoms with E-state index in [9.17, 15) is 0 Å². The third kappa shape index (κ3) is 11.3. The Kier molecular flexibility index (Phi) is 17.1. The molecule has 0 bridgehead atoms. The summed E-state index contributed by atoms with van der Waals surface area (Å²) in [4.78, 5) is 0. The van der Waals surface area contributed by atoms with Crippen molar-refractivity contribution in [1.29, 1.82) is 0 Å². The largest absolute Gasteiger partial charge is 0.465 e. The Labute approximate surface area is 363 Å². The minimum absolute atomic E-state index is 0.184. The molecule has 2 aliphatic rings. The standard InChI is InChI=1S/C53H80O4Si2/c1-38(2)58(39(3)4,40(5)6)35-31-46(52(13,14)44-23-27-48(28-24-44)56-50-21-17-19-33-54-50)37-47(32-36-59(41(7)8,42(9)10)43(11)12)53(15,16)45-25-29-49(30-26-45)57-51-22-18-20-34-55-51/h23-30,38-43,50-51H,17-22,33-34H2,1-16H3. The van der Waals surface area contributed by atoms with Gasteiger partial charge in [0.05, 0.1) is 24.4 Å². The Morgan fingerprint density at radius 2 is 0.814 bits per heavy atom. The minimum atomic E-state index is -2.10. The Hall–Kier alpha value is -2.97. The van der Waals surface area contributed by atoms with Crippen molar-refractivity contribution in [2.45, 2.75) is 206 Å². The molecule has 59 heavy (non-hydrogen) atoms. The normalized spacial score (nSPS) is 18.1. The zero-order chi connectivity index (χ0) is 43.8. The molecular formula is C53H80O4Si2. The average Bonchev–Trinajstić information content (AvgIpc) is 3.17. The van der Waals surface area contributed by atoms with Gasteiger partial charge in [0, 0.05) is 23.7 Å². The second-order valence-corrected chi connectivity index (χ2v) is 31.5. The van der Waals surface area contributed by atoms with Crippen molar-refractivity contribution in [3.05, 3.63) is 76.5 Å². The maximum Gasteiger partial charge on any atom is 0.199 e. The van der Waals surface area contributed by atoms with Crippen LogP contribution in [0.15, 0.2) is 65.4 Å². The van der Waals surface area contributed by atoms with Gasteiger partial charge in [0.25, 0.3) is 0 Å².